The number of benzene rings is 1. The number of carbonyl (C=O) groups is 1. The molecule has 1 aliphatic rings. The Morgan fingerprint density at radius 2 is 2.11 bits per heavy atom. The number of ether oxygens (including phenoxy) is 3. The Bertz CT molecular complexity index is 593. The van der Waals surface area contributed by atoms with Crippen LogP contribution < -0.4 is 4.74 Å². The second-order valence-electron chi connectivity index (χ2n) is 3.87. The quantitative estimate of drug-likeness (QED) is 0.614. The topological polar surface area (TPSA) is 78.9 Å². The maximum absolute atomic E-state index is 11.8. The molecule has 1 fully saturated rings. The van der Waals surface area contributed by atoms with E-state index in [1.807, 2.05) is 0 Å². The van der Waals surface area contributed by atoms with Crippen LogP contribution in [0.4, 0.5) is 0 Å². The molecule has 0 saturated carbocycles. The van der Waals surface area contributed by atoms with Gasteiger partial charge in [-0.25, -0.2) is 13.2 Å². The maximum atomic E-state index is 11.8. The van der Waals surface area contributed by atoms with Crippen molar-refractivity contribution in [1.82, 2.24) is 0 Å². The fraction of sp³-hybridized carbons (Fsp3) is 0.364. The van der Waals surface area contributed by atoms with Gasteiger partial charge in [0.05, 0.1) is 25.9 Å². The number of hydrogen-bond acceptors (Lipinski definition) is 6. The minimum absolute atomic E-state index is 0.0681. The highest BCUT2D eigenvalue weighted by molar-refractivity contribution is 8.13. The summed E-state index contributed by atoms with van der Waals surface area (Å²) in [7, 11) is 2.59. The molecule has 0 spiro atoms. The van der Waals surface area contributed by atoms with Crippen molar-refractivity contribution in [2.24, 2.45) is 0 Å². The summed E-state index contributed by atoms with van der Waals surface area (Å²) >= 11 is 0. The third-order valence-corrected chi connectivity index (χ3v) is 3.89. The number of halogens is 1. The molecule has 0 bridgehead atoms. The second kappa shape index (κ2) is 5.36. The third kappa shape index (κ3) is 3.17. The van der Waals surface area contributed by atoms with Crippen LogP contribution in [0.5, 0.6) is 5.75 Å². The van der Waals surface area contributed by atoms with Gasteiger partial charge in [0.1, 0.15) is 16.7 Å². The van der Waals surface area contributed by atoms with Crippen LogP contribution in [-0.4, -0.2) is 40.8 Å². The maximum Gasteiger partial charge on any atom is 0.338 e. The largest absolute Gasteiger partial charge is 0.495 e. The first-order valence-electron chi connectivity index (χ1n) is 5.33. The lowest BCUT2D eigenvalue weighted by Crippen LogP contribution is -2.37. The van der Waals surface area contributed by atoms with Gasteiger partial charge in [-0.1, -0.05) is 0 Å². The van der Waals surface area contributed by atoms with Crippen LogP contribution >= 0.6 is 10.7 Å². The summed E-state index contributed by atoms with van der Waals surface area (Å²) in [6.07, 6.45) is -0.286. The lowest BCUT2D eigenvalue weighted by molar-refractivity contribution is -0.103. The van der Waals surface area contributed by atoms with Crippen LogP contribution in [0.15, 0.2) is 23.1 Å². The van der Waals surface area contributed by atoms with Crippen LogP contribution in [0.1, 0.15) is 10.4 Å². The minimum Gasteiger partial charge on any atom is -0.495 e. The molecule has 1 saturated heterocycles. The zero-order valence-corrected chi connectivity index (χ0v) is 11.5. The van der Waals surface area contributed by atoms with Crippen molar-refractivity contribution in [1.29, 1.82) is 0 Å². The molecule has 0 aromatic heterocycles. The molecule has 0 unspecified atom stereocenters. The normalized spacial score (nSPS) is 15.7. The number of rotatable bonds is 4. The van der Waals surface area contributed by atoms with Crippen molar-refractivity contribution in [2.75, 3.05) is 20.3 Å². The first kappa shape index (κ1) is 14.1. The van der Waals surface area contributed by atoms with E-state index in [9.17, 15) is 13.2 Å². The van der Waals surface area contributed by atoms with Crippen LogP contribution in [0.2, 0.25) is 0 Å². The molecular weight excluding hydrogens is 296 g/mol. The van der Waals surface area contributed by atoms with Gasteiger partial charge in [-0.2, -0.15) is 0 Å². The van der Waals surface area contributed by atoms with E-state index in [1.54, 1.807) is 0 Å². The summed E-state index contributed by atoms with van der Waals surface area (Å²) in [6, 6.07) is 3.89. The third-order valence-electron chi connectivity index (χ3n) is 2.54. The van der Waals surface area contributed by atoms with Crippen molar-refractivity contribution < 1.29 is 27.4 Å². The average molecular weight is 307 g/mol. The Balaban J connectivity index is 2.29. The van der Waals surface area contributed by atoms with Gasteiger partial charge in [-0.05, 0) is 18.2 Å². The van der Waals surface area contributed by atoms with Gasteiger partial charge >= 0.3 is 5.97 Å². The Morgan fingerprint density at radius 3 is 2.58 bits per heavy atom. The van der Waals surface area contributed by atoms with E-state index in [-0.39, 0.29) is 22.3 Å². The standard InChI is InChI=1S/C11H11ClO6S/c1-16-9-3-2-7(4-10(9)19(12,14)15)11(13)18-8-5-17-6-8/h2-4,8H,5-6H2,1H3. The molecule has 0 radical (unpaired) electrons. The first-order valence-corrected chi connectivity index (χ1v) is 7.64. The summed E-state index contributed by atoms with van der Waals surface area (Å²) in [5.41, 5.74) is 0.0897. The van der Waals surface area contributed by atoms with Crippen molar-refractivity contribution >= 4 is 25.7 Å². The van der Waals surface area contributed by atoms with E-state index in [0.29, 0.717) is 13.2 Å². The molecule has 0 atom stereocenters. The molecule has 6 nitrogen and oxygen atoms in total. The van der Waals surface area contributed by atoms with E-state index in [1.165, 1.54) is 19.2 Å². The smallest absolute Gasteiger partial charge is 0.338 e. The molecule has 8 heteroatoms. The lowest BCUT2D eigenvalue weighted by atomic mass is 10.2. The highest BCUT2D eigenvalue weighted by atomic mass is 35.7. The summed E-state index contributed by atoms with van der Waals surface area (Å²) in [4.78, 5) is 11.5. The zero-order chi connectivity index (χ0) is 14.0. The monoisotopic (exact) mass is 306 g/mol. The van der Waals surface area contributed by atoms with Crippen molar-refractivity contribution in [3.8, 4) is 5.75 Å². The SMILES string of the molecule is COc1ccc(C(=O)OC2COC2)cc1S(=O)(=O)Cl. The summed E-state index contributed by atoms with van der Waals surface area (Å²) < 4.78 is 37.6. The number of carbonyl (C=O) groups excluding carboxylic acids is 1. The van der Waals surface area contributed by atoms with Crippen LogP contribution in [-0.2, 0) is 18.5 Å². The predicted molar refractivity (Wildman–Crippen MR) is 66.1 cm³/mol. The molecule has 1 aliphatic heterocycles. The molecule has 19 heavy (non-hydrogen) atoms. The first-order chi connectivity index (χ1) is 8.91. The molecule has 1 heterocycles. The van der Waals surface area contributed by atoms with Gasteiger partial charge in [0, 0.05) is 10.7 Å². The molecule has 1 aromatic rings. The van der Waals surface area contributed by atoms with E-state index in [0.717, 1.165) is 6.07 Å². The second-order valence-corrected chi connectivity index (χ2v) is 6.40. The Kier molecular flexibility index (Phi) is 3.98. The zero-order valence-electron chi connectivity index (χ0n) is 9.96. The lowest BCUT2D eigenvalue weighted by Gasteiger charge is -2.25. The van der Waals surface area contributed by atoms with Crippen molar-refractivity contribution in [3.63, 3.8) is 0 Å². The van der Waals surface area contributed by atoms with Gasteiger partial charge in [0.25, 0.3) is 9.05 Å². The molecule has 0 aliphatic carbocycles. The molecule has 0 N–H and O–H groups in total. The van der Waals surface area contributed by atoms with Crippen molar-refractivity contribution in [2.45, 2.75) is 11.0 Å². The molecule has 2 rings (SSSR count). The highest BCUT2D eigenvalue weighted by Crippen LogP contribution is 2.28. The van der Waals surface area contributed by atoms with Gasteiger partial charge in [-0.15, -0.1) is 0 Å². The number of hydrogen-bond donors (Lipinski definition) is 0. The minimum atomic E-state index is -4.01. The number of esters is 1. The average Bonchev–Trinajstić information content (AvgIpc) is 2.31. The van der Waals surface area contributed by atoms with Gasteiger partial charge < -0.3 is 14.2 Å². The Morgan fingerprint density at radius 1 is 1.42 bits per heavy atom. The van der Waals surface area contributed by atoms with E-state index >= 15 is 0 Å². The fourth-order valence-electron chi connectivity index (χ4n) is 1.50. The van der Waals surface area contributed by atoms with Crippen molar-refractivity contribution in [3.05, 3.63) is 23.8 Å². The number of methoxy groups -OCH3 is 1. The molecular formula is C11H11ClO6S. The van der Waals surface area contributed by atoms with E-state index in [2.05, 4.69) is 0 Å². The van der Waals surface area contributed by atoms with E-state index < -0.39 is 15.0 Å². The Labute approximate surface area is 114 Å². The van der Waals surface area contributed by atoms with E-state index in [4.69, 9.17) is 24.9 Å². The summed E-state index contributed by atoms with van der Waals surface area (Å²) in [5, 5.41) is 0. The van der Waals surface area contributed by atoms with Crippen LogP contribution in [0.25, 0.3) is 0 Å². The molecule has 1 aromatic carbocycles. The van der Waals surface area contributed by atoms with Crippen LogP contribution in [0.3, 0.4) is 0 Å². The van der Waals surface area contributed by atoms with Gasteiger partial charge in [0.15, 0.2) is 0 Å². The fourth-order valence-corrected chi connectivity index (χ4v) is 2.52. The van der Waals surface area contributed by atoms with Gasteiger partial charge in [0.2, 0.25) is 0 Å². The Hall–Kier alpha value is -1.31. The predicted octanol–water partition coefficient (Wildman–Crippen LogP) is 1.18. The van der Waals surface area contributed by atoms with Gasteiger partial charge in [-0.3, -0.25) is 0 Å². The molecule has 104 valence electrons. The summed E-state index contributed by atoms with van der Waals surface area (Å²) in [6.45, 7) is 0.700. The molecule has 0 amide bonds. The summed E-state index contributed by atoms with van der Waals surface area (Å²) in [5.74, 6) is -0.559. The highest BCUT2D eigenvalue weighted by Gasteiger charge is 2.25. The van der Waals surface area contributed by atoms with Crippen LogP contribution in [0, 0.1) is 0 Å².